The van der Waals surface area contributed by atoms with Gasteiger partial charge in [-0.2, -0.15) is 0 Å². The van der Waals surface area contributed by atoms with Gasteiger partial charge in [0.05, 0.1) is 6.61 Å². The van der Waals surface area contributed by atoms with E-state index >= 15 is 0 Å². The molecule has 2 heterocycles. The molecule has 0 saturated carbocycles. The molecule has 0 unspecified atom stereocenters. The molecule has 0 amide bonds. The van der Waals surface area contributed by atoms with E-state index in [1.807, 2.05) is 7.05 Å². The zero-order valence-corrected chi connectivity index (χ0v) is 13.5. The minimum Gasteiger partial charge on any atom is -0.492 e. The van der Waals surface area contributed by atoms with E-state index in [0.29, 0.717) is 23.8 Å². The fraction of sp³-hybridized carbons (Fsp3) is 0.571. The highest BCUT2D eigenvalue weighted by Crippen LogP contribution is 2.35. The molecular weight excluding hydrogens is 312 g/mol. The number of hydrogen-bond acceptors (Lipinski definition) is 4. The van der Waals surface area contributed by atoms with E-state index in [4.69, 9.17) is 16.3 Å². The molecule has 2 aliphatic heterocycles. The van der Waals surface area contributed by atoms with Crippen LogP contribution in [0.15, 0.2) is 17.0 Å². The van der Waals surface area contributed by atoms with E-state index in [9.17, 15) is 8.42 Å². The molecule has 0 aromatic heterocycles. The van der Waals surface area contributed by atoms with Crippen molar-refractivity contribution in [3.8, 4) is 5.75 Å². The van der Waals surface area contributed by atoms with Crippen molar-refractivity contribution in [3.63, 3.8) is 0 Å². The van der Waals surface area contributed by atoms with Crippen molar-refractivity contribution in [2.24, 2.45) is 0 Å². The van der Waals surface area contributed by atoms with Crippen LogP contribution in [0.1, 0.15) is 18.4 Å². The Bertz CT molecular complexity index is 640. The van der Waals surface area contributed by atoms with Gasteiger partial charge in [-0.05, 0) is 45.1 Å². The molecule has 1 aromatic rings. The number of rotatable bonds is 3. The summed E-state index contributed by atoms with van der Waals surface area (Å²) in [6.07, 6.45) is 2.34. The maximum atomic E-state index is 12.6. The highest BCUT2D eigenvalue weighted by molar-refractivity contribution is 7.89. The minimum absolute atomic E-state index is 0.0257. The molecule has 0 atom stereocenters. The topological polar surface area (TPSA) is 58.6 Å². The monoisotopic (exact) mass is 330 g/mol. The summed E-state index contributed by atoms with van der Waals surface area (Å²) in [6, 6.07) is 3.23. The lowest BCUT2D eigenvalue weighted by molar-refractivity contribution is 0.248. The fourth-order valence-corrected chi connectivity index (χ4v) is 4.67. The van der Waals surface area contributed by atoms with Gasteiger partial charge in [-0.25, -0.2) is 13.1 Å². The van der Waals surface area contributed by atoms with Gasteiger partial charge in [0.25, 0.3) is 0 Å². The number of piperidine rings is 1. The molecule has 1 aromatic carbocycles. The standard InChI is InChI=1S/C14H19ClN2O3S/c1-17-5-2-12(3-6-17)16-21(18,19)13-9-11(15)8-10-4-7-20-14(10)13/h8-9,12,16H,2-7H2,1H3. The summed E-state index contributed by atoms with van der Waals surface area (Å²) in [6.45, 7) is 2.31. The number of likely N-dealkylation sites (tertiary alicyclic amines) is 1. The average molecular weight is 331 g/mol. The quantitative estimate of drug-likeness (QED) is 0.915. The molecule has 0 radical (unpaired) electrons. The van der Waals surface area contributed by atoms with Gasteiger partial charge in [0.15, 0.2) is 0 Å². The molecule has 1 fully saturated rings. The van der Waals surface area contributed by atoms with Crippen LogP contribution in [0.5, 0.6) is 5.75 Å². The second-order valence-corrected chi connectivity index (χ2v) is 7.81. The van der Waals surface area contributed by atoms with Gasteiger partial charge >= 0.3 is 0 Å². The lowest BCUT2D eigenvalue weighted by Crippen LogP contribution is -2.43. The Balaban J connectivity index is 1.85. The third kappa shape index (κ3) is 3.18. The normalized spacial score (nSPS) is 20.3. The molecule has 2 aliphatic rings. The van der Waals surface area contributed by atoms with Crippen molar-refractivity contribution < 1.29 is 13.2 Å². The Labute approximate surface area is 130 Å². The molecule has 21 heavy (non-hydrogen) atoms. The third-order valence-electron chi connectivity index (χ3n) is 4.04. The second-order valence-electron chi connectivity index (χ2n) is 5.69. The van der Waals surface area contributed by atoms with Crippen LogP contribution in [0.4, 0.5) is 0 Å². The first-order valence-corrected chi connectivity index (χ1v) is 8.98. The van der Waals surface area contributed by atoms with Gasteiger partial charge in [-0.1, -0.05) is 11.6 Å². The lowest BCUT2D eigenvalue weighted by atomic mass is 10.1. The smallest absolute Gasteiger partial charge is 0.244 e. The van der Waals surface area contributed by atoms with Crippen molar-refractivity contribution in [2.75, 3.05) is 26.7 Å². The first-order chi connectivity index (χ1) is 9.95. The number of benzene rings is 1. The Kier molecular flexibility index (Phi) is 4.14. The molecule has 1 N–H and O–H groups in total. The van der Waals surface area contributed by atoms with E-state index in [-0.39, 0.29) is 10.9 Å². The van der Waals surface area contributed by atoms with Crippen LogP contribution in [0.25, 0.3) is 0 Å². The minimum atomic E-state index is -3.60. The Morgan fingerprint density at radius 2 is 2.05 bits per heavy atom. The zero-order valence-electron chi connectivity index (χ0n) is 11.9. The Morgan fingerprint density at radius 1 is 1.33 bits per heavy atom. The van der Waals surface area contributed by atoms with E-state index in [1.165, 1.54) is 6.07 Å². The summed E-state index contributed by atoms with van der Waals surface area (Å²) in [5.41, 5.74) is 0.867. The molecule has 1 saturated heterocycles. The second kappa shape index (κ2) is 5.76. The van der Waals surface area contributed by atoms with Crippen molar-refractivity contribution in [1.82, 2.24) is 9.62 Å². The summed E-state index contributed by atoms with van der Waals surface area (Å²) in [7, 11) is -1.56. The molecule has 0 aliphatic carbocycles. The number of sulfonamides is 1. The first kappa shape index (κ1) is 15.1. The van der Waals surface area contributed by atoms with Crippen LogP contribution >= 0.6 is 11.6 Å². The largest absolute Gasteiger partial charge is 0.492 e. The molecule has 3 rings (SSSR count). The summed E-state index contributed by atoms with van der Waals surface area (Å²) in [5.74, 6) is 0.458. The fourth-order valence-electron chi connectivity index (χ4n) is 2.84. The molecule has 5 nitrogen and oxygen atoms in total. The van der Waals surface area contributed by atoms with E-state index < -0.39 is 10.0 Å². The molecule has 0 spiro atoms. The number of ether oxygens (including phenoxy) is 1. The van der Waals surface area contributed by atoms with Gasteiger partial charge in [0.1, 0.15) is 10.6 Å². The van der Waals surface area contributed by atoms with Crippen molar-refractivity contribution in [3.05, 3.63) is 22.7 Å². The summed E-state index contributed by atoms with van der Waals surface area (Å²) < 4.78 is 33.5. The van der Waals surface area contributed by atoms with Crippen molar-refractivity contribution >= 4 is 21.6 Å². The number of fused-ring (bicyclic) bond motifs is 1. The van der Waals surface area contributed by atoms with Crippen LogP contribution in [-0.4, -0.2) is 46.1 Å². The summed E-state index contributed by atoms with van der Waals surface area (Å²) in [5, 5.41) is 0.433. The Hall–Kier alpha value is -0.820. The van der Waals surface area contributed by atoms with E-state index in [2.05, 4.69) is 9.62 Å². The molecule has 116 valence electrons. The summed E-state index contributed by atoms with van der Waals surface area (Å²) >= 11 is 6.04. The lowest BCUT2D eigenvalue weighted by Gasteiger charge is -2.29. The number of nitrogens with zero attached hydrogens (tertiary/aromatic N) is 1. The van der Waals surface area contributed by atoms with Gasteiger partial charge in [0, 0.05) is 23.0 Å². The number of nitrogens with one attached hydrogen (secondary N) is 1. The maximum absolute atomic E-state index is 12.6. The Morgan fingerprint density at radius 3 is 2.76 bits per heavy atom. The average Bonchev–Trinajstić information content (AvgIpc) is 2.88. The van der Waals surface area contributed by atoms with Crippen LogP contribution in [-0.2, 0) is 16.4 Å². The first-order valence-electron chi connectivity index (χ1n) is 7.12. The molecule has 0 bridgehead atoms. The zero-order chi connectivity index (χ0) is 15.0. The van der Waals surface area contributed by atoms with Gasteiger partial charge < -0.3 is 9.64 Å². The highest BCUT2D eigenvalue weighted by Gasteiger charge is 2.29. The SMILES string of the molecule is CN1CCC(NS(=O)(=O)c2cc(Cl)cc3c2OCC3)CC1. The van der Waals surface area contributed by atoms with Crippen LogP contribution < -0.4 is 9.46 Å². The summed E-state index contributed by atoms with van der Waals surface area (Å²) in [4.78, 5) is 2.37. The van der Waals surface area contributed by atoms with Crippen LogP contribution in [0.3, 0.4) is 0 Å². The van der Waals surface area contributed by atoms with Gasteiger partial charge in [-0.3, -0.25) is 0 Å². The van der Waals surface area contributed by atoms with Crippen LogP contribution in [0.2, 0.25) is 5.02 Å². The predicted octanol–water partition coefficient (Wildman–Crippen LogP) is 1.65. The molecular formula is C14H19ClN2O3S. The van der Waals surface area contributed by atoms with E-state index in [0.717, 1.165) is 31.5 Å². The predicted molar refractivity (Wildman–Crippen MR) is 81.5 cm³/mol. The maximum Gasteiger partial charge on any atom is 0.244 e. The third-order valence-corrected chi connectivity index (χ3v) is 5.79. The van der Waals surface area contributed by atoms with Crippen LogP contribution in [0, 0.1) is 0 Å². The van der Waals surface area contributed by atoms with Crippen molar-refractivity contribution in [1.29, 1.82) is 0 Å². The van der Waals surface area contributed by atoms with E-state index in [1.54, 1.807) is 6.07 Å². The van der Waals surface area contributed by atoms with Gasteiger partial charge in [0.2, 0.25) is 10.0 Å². The van der Waals surface area contributed by atoms with Crippen molar-refractivity contribution in [2.45, 2.75) is 30.2 Å². The number of hydrogen-bond donors (Lipinski definition) is 1. The van der Waals surface area contributed by atoms with Gasteiger partial charge in [-0.15, -0.1) is 0 Å². The highest BCUT2D eigenvalue weighted by atomic mass is 35.5. The molecule has 7 heteroatoms. The number of halogens is 1.